The van der Waals surface area contributed by atoms with Crippen molar-refractivity contribution in [1.82, 2.24) is 0 Å². The summed E-state index contributed by atoms with van der Waals surface area (Å²) in [5.74, 6) is 0.743. The molecule has 0 N–H and O–H groups in total. The second-order valence-corrected chi connectivity index (χ2v) is 4.01. The zero-order valence-electron chi connectivity index (χ0n) is 6.41. The van der Waals surface area contributed by atoms with Crippen LogP contribution in [0.25, 0.3) is 0 Å². The molecular weight excluding hydrogens is 127 g/mol. The van der Waals surface area contributed by atoms with Crippen molar-refractivity contribution in [2.75, 3.05) is 0 Å². The van der Waals surface area contributed by atoms with Crippen molar-refractivity contribution >= 4 is 0 Å². The van der Waals surface area contributed by atoms with Crippen LogP contribution in [0.5, 0.6) is 0 Å². The molecule has 2 aliphatic carbocycles. The molecule has 0 heterocycles. The predicted octanol–water partition coefficient (Wildman–Crippen LogP) is 3.07. The lowest BCUT2D eigenvalue weighted by Gasteiger charge is -2.39. The first-order chi connectivity index (χ1) is 4.79. The number of hydrogen-bond acceptors (Lipinski definition) is 0. The third-order valence-electron chi connectivity index (χ3n) is 3.13. The van der Waals surface area contributed by atoms with Gasteiger partial charge in [-0.15, -0.1) is 0 Å². The van der Waals surface area contributed by atoms with Crippen molar-refractivity contribution in [3.63, 3.8) is 0 Å². The van der Waals surface area contributed by atoms with E-state index >= 15 is 0 Å². The molecule has 2 rings (SSSR count). The van der Waals surface area contributed by atoms with Gasteiger partial charge in [0.1, 0.15) is 5.67 Å². The van der Waals surface area contributed by atoms with Crippen molar-refractivity contribution in [3.05, 3.63) is 0 Å². The Morgan fingerprint density at radius 1 is 1.10 bits per heavy atom. The summed E-state index contributed by atoms with van der Waals surface area (Å²) in [5.41, 5.74) is -0.721. The standard InChI is InChI=1S/C9H15F/c10-9-5-1-3-8(7-9)4-2-6-9/h8H,1-7H2. The summed E-state index contributed by atoms with van der Waals surface area (Å²) in [5, 5.41) is 0. The fraction of sp³-hybridized carbons (Fsp3) is 1.00. The molecule has 58 valence electrons. The maximum absolute atomic E-state index is 13.6. The number of hydrogen-bond donors (Lipinski definition) is 0. The van der Waals surface area contributed by atoms with Gasteiger partial charge < -0.3 is 0 Å². The van der Waals surface area contributed by atoms with E-state index in [-0.39, 0.29) is 0 Å². The lowest BCUT2D eigenvalue weighted by atomic mass is 9.70. The number of halogens is 1. The van der Waals surface area contributed by atoms with E-state index in [4.69, 9.17) is 0 Å². The van der Waals surface area contributed by atoms with E-state index in [2.05, 4.69) is 0 Å². The Bertz CT molecular complexity index is 121. The third kappa shape index (κ3) is 1.06. The Morgan fingerprint density at radius 2 is 1.70 bits per heavy atom. The van der Waals surface area contributed by atoms with Crippen LogP contribution in [-0.2, 0) is 0 Å². The first-order valence-corrected chi connectivity index (χ1v) is 4.47. The molecule has 0 atom stereocenters. The van der Waals surface area contributed by atoms with Crippen molar-refractivity contribution in [2.24, 2.45) is 5.92 Å². The number of rotatable bonds is 0. The number of fused-ring (bicyclic) bond motifs is 2. The number of alkyl halides is 1. The van der Waals surface area contributed by atoms with Crippen molar-refractivity contribution in [2.45, 2.75) is 50.6 Å². The monoisotopic (exact) mass is 142 g/mol. The summed E-state index contributed by atoms with van der Waals surface area (Å²) in [7, 11) is 0. The lowest BCUT2D eigenvalue weighted by molar-refractivity contribution is 0.0316. The van der Waals surface area contributed by atoms with Crippen molar-refractivity contribution in [3.8, 4) is 0 Å². The molecule has 0 spiro atoms. The SMILES string of the molecule is FC12CCCC(CCC1)C2. The molecule has 2 saturated carbocycles. The second kappa shape index (κ2) is 2.21. The molecule has 0 amide bonds. The molecule has 2 fully saturated rings. The van der Waals surface area contributed by atoms with Crippen LogP contribution >= 0.6 is 0 Å². The molecule has 0 unspecified atom stereocenters. The van der Waals surface area contributed by atoms with Gasteiger partial charge in [0, 0.05) is 0 Å². The minimum Gasteiger partial charge on any atom is -0.244 e. The molecule has 2 aliphatic rings. The molecule has 0 aromatic heterocycles. The van der Waals surface area contributed by atoms with E-state index in [0.29, 0.717) is 0 Å². The van der Waals surface area contributed by atoms with E-state index in [1.807, 2.05) is 0 Å². The summed E-state index contributed by atoms with van der Waals surface area (Å²) < 4.78 is 13.6. The van der Waals surface area contributed by atoms with Crippen LogP contribution in [0, 0.1) is 5.92 Å². The van der Waals surface area contributed by atoms with Crippen LogP contribution in [0.2, 0.25) is 0 Å². The maximum atomic E-state index is 13.6. The van der Waals surface area contributed by atoms with Gasteiger partial charge >= 0.3 is 0 Å². The molecule has 0 aliphatic heterocycles. The molecular formula is C9H15F. The first kappa shape index (κ1) is 6.63. The van der Waals surface area contributed by atoms with Gasteiger partial charge in [0.25, 0.3) is 0 Å². The lowest BCUT2D eigenvalue weighted by Crippen LogP contribution is -2.34. The van der Waals surface area contributed by atoms with Crippen molar-refractivity contribution in [1.29, 1.82) is 0 Å². The van der Waals surface area contributed by atoms with Crippen LogP contribution in [0.4, 0.5) is 4.39 Å². The quantitative estimate of drug-likeness (QED) is 0.487. The van der Waals surface area contributed by atoms with Gasteiger partial charge in [0.2, 0.25) is 0 Å². The zero-order chi connectivity index (χ0) is 7.03. The van der Waals surface area contributed by atoms with Gasteiger partial charge in [-0.2, -0.15) is 0 Å². The molecule has 0 radical (unpaired) electrons. The highest BCUT2D eigenvalue weighted by atomic mass is 19.1. The Hall–Kier alpha value is -0.0700. The predicted molar refractivity (Wildman–Crippen MR) is 39.6 cm³/mol. The highest BCUT2D eigenvalue weighted by Crippen LogP contribution is 2.44. The average molecular weight is 142 g/mol. The molecule has 0 nitrogen and oxygen atoms in total. The first-order valence-electron chi connectivity index (χ1n) is 4.47. The highest BCUT2D eigenvalue weighted by Gasteiger charge is 2.38. The van der Waals surface area contributed by atoms with Gasteiger partial charge in [-0.25, -0.2) is 4.39 Å². The zero-order valence-corrected chi connectivity index (χ0v) is 6.41. The maximum Gasteiger partial charge on any atom is 0.111 e. The highest BCUT2D eigenvalue weighted by molar-refractivity contribution is 4.90. The van der Waals surface area contributed by atoms with Crippen LogP contribution in [0.3, 0.4) is 0 Å². The molecule has 0 aromatic rings. The van der Waals surface area contributed by atoms with Gasteiger partial charge in [0.15, 0.2) is 0 Å². The fourth-order valence-electron chi connectivity index (χ4n) is 2.61. The van der Waals surface area contributed by atoms with E-state index < -0.39 is 5.67 Å². The van der Waals surface area contributed by atoms with E-state index in [1.165, 1.54) is 12.8 Å². The minimum absolute atomic E-state index is 0.721. The van der Waals surface area contributed by atoms with Crippen LogP contribution in [-0.4, -0.2) is 5.67 Å². The van der Waals surface area contributed by atoms with Gasteiger partial charge in [0.05, 0.1) is 0 Å². The van der Waals surface area contributed by atoms with Gasteiger partial charge in [-0.3, -0.25) is 0 Å². The van der Waals surface area contributed by atoms with Crippen LogP contribution in [0.1, 0.15) is 44.9 Å². The smallest absolute Gasteiger partial charge is 0.111 e. The Kier molecular flexibility index (Phi) is 1.47. The Morgan fingerprint density at radius 3 is 2.10 bits per heavy atom. The van der Waals surface area contributed by atoms with Crippen molar-refractivity contribution < 1.29 is 4.39 Å². The van der Waals surface area contributed by atoms with E-state index in [9.17, 15) is 4.39 Å². The summed E-state index contributed by atoms with van der Waals surface area (Å²) >= 11 is 0. The minimum atomic E-state index is -0.721. The summed E-state index contributed by atoms with van der Waals surface area (Å²) in [6.07, 6.45) is 7.46. The summed E-state index contributed by atoms with van der Waals surface area (Å²) in [6, 6.07) is 0. The normalized spacial score (nSPS) is 47.1. The van der Waals surface area contributed by atoms with Crippen LogP contribution < -0.4 is 0 Å². The average Bonchev–Trinajstić information content (AvgIpc) is 1.86. The Labute approximate surface area is 61.8 Å². The molecule has 0 aromatic carbocycles. The topological polar surface area (TPSA) is 0 Å². The van der Waals surface area contributed by atoms with E-state index in [0.717, 1.165) is 38.0 Å². The van der Waals surface area contributed by atoms with E-state index in [1.54, 1.807) is 0 Å². The molecule has 0 saturated heterocycles. The molecule has 2 bridgehead atoms. The Balaban J connectivity index is 2.07. The molecule has 1 heteroatoms. The summed E-state index contributed by atoms with van der Waals surface area (Å²) in [4.78, 5) is 0. The molecule has 10 heavy (non-hydrogen) atoms. The largest absolute Gasteiger partial charge is 0.244 e. The fourth-order valence-corrected chi connectivity index (χ4v) is 2.61. The summed E-state index contributed by atoms with van der Waals surface area (Å²) in [6.45, 7) is 0. The third-order valence-corrected chi connectivity index (χ3v) is 3.13. The second-order valence-electron chi connectivity index (χ2n) is 4.01. The van der Waals surface area contributed by atoms with Gasteiger partial charge in [-0.05, 0) is 38.0 Å². The van der Waals surface area contributed by atoms with Gasteiger partial charge in [-0.1, -0.05) is 12.8 Å². The van der Waals surface area contributed by atoms with Crippen LogP contribution in [0.15, 0.2) is 0 Å².